The van der Waals surface area contributed by atoms with Crippen LogP contribution < -0.4 is 0 Å². The van der Waals surface area contributed by atoms with Crippen LogP contribution in [0.15, 0.2) is 28.6 Å². The zero-order chi connectivity index (χ0) is 8.55. The molecule has 0 amide bonds. The van der Waals surface area contributed by atoms with Gasteiger partial charge in [0.05, 0.1) is 15.6 Å². The predicted molar refractivity (Wildman–Crippen MR) is 56.1 cm³/mol. The second kappa shape index (κ2) is 2.99. The van der Waals surface area contributed by atoms with Gasteiger partial charge < -0.3 is 4.98 Å². The Kier molecular flexibility index (Phi) is 1.98. The van der Waals surface area contributed by atoms with Crippen molar-refractivity contribution in [1.29, 1.82) is 0 Å². The van der Waals surface area contributed by atoms with Crippen LogP contribution in [0.1, 0.15) is 5.56 Å². The minimum Gasteiger partial charge on any atom is -0.349 e. The van der Waals surface area contributed by atoms with Gasteiger partial charge in [0.1, 0.15) is 0 Å². The quantitative estimate of drug-likeness (QED) is 0.649. The Morgan fingerprint density at radius 3 is 2.83 bits per heavy atom. The first-order valence-corrected chi connectivity index (χ1v) is 5.02. The Balaban J connectivity index is 2.48. The number of hydrogen-bond donors (Lipinski definition) is 2. The zero-order valence-corrected chi connectivity index (χ0v) is 8.38. The van der Waals surface area contributed by atoms with E-state index in [2.05, 4.69) is 42.0 Å². The molecule has 1 N–H and O–H groups in total. The van der Waals surface area contributed by atoms with Crippen LogP contribution in [0.4, 0.5) is 0 Å². The Morgan fingerprint density at radius 1 is 1.50 bits per heavy atom. The fraction of sp³-hybridized carbons (Fsp3) is 0.111. The predicted octanol–water partition coefficient (Wildman–Crippen LogP) is 3.34. The van der Waals surface area contributed by atoms with E-state index in [9.17, 15) is 0 Å². The van der Waals surface area contributed by atoms with Gasteiger partial charge in [-0.15, -0.1) is 24.0 Å². The standard InChI is InChI=1S/C9H9NS2/c1-6-5-7(10-9(6)11)8-3-2-4-12-8/h2-5,10-11H,1H3. The average molecular weight is 195 g/mol. The number of nitrogens with one attached hydrogen (secondary N) is 1. The largest absolute Gasteiger partial charge is 0.349 e. The van der Waals surface area contributed by atoms with Gasteiger partial charge in [-0.2, -0.15) is 0 Å². The van der Waals surface area contributed by atoms with Crippen molar-refractivity contribution in [3.8, 4) is 10.6 Å². The molecule has 3 heteroatoms. The van der Waals surface area contributed by atoms with E-state index >= 15 is 0 Å². The van der Waals surface area contributed by atoms with Crippen LogP contribution in [-0.2, 0) is 0 Å². The lowest BCUT2D eigenvalue weighted by Crippen LogP contribution is -1.68. The molecule has 0 bridgehead atoms. The van der Waals surface area contributed by atoms with E-state index in [0.717, 1.165) is 10.7 Å². The highest BCUT2D eigenvalue weighted by atomic mass is 32.1. The summed E-state index contributed by atoms with van der Waals surface area (Å²) in [5, 5.41) is 3.03. The lowest BCUT2D eigenvalue weighted by atomic mass is 10.3. The highest BCUT2D eigenvalue weighted by Crippen LogP contribution is 2.26. The van der Waals surface area contributed by atoms with Gasteiger partial charge in [0.15, 0.2) is 0 Å². The average Bonchev–Trinajstić information content (AvgIpc) is 2.61. The monoisotopic (exact) mass is 195 g/mol. The Morgan fingerprint density at radius 2 is 2.33 bits per heavy atom. The first-order chi connectivity index (χ1) is 5.77. The molecule has 0 atom stereocenters. The fourth-order valence-corrected chi connectivity index (χ4v) is 1.99. The molecular weight excluding hydrogens is 186 g/mol. The minimum atomic E-state index is 0.957. The van der Waals surface area contributed by atoms with Gasteiger partial charge >= 0.3 is 0 Å². The number of hydrogen-bond acceptors (Lipinski definition) is 2. The molecule has 0 aliphatic rings. The molecule has 0 unspecified atom stereocenters. The van der Waals surface area contributed by atoms with Crippen LogP contribution in [0, 0.1) is 6.92 Å². The van der Waals surface area contributed by atoms with Crippen LogP contribution >= 0.6 is 24.0 Å². The maximum absolute atomic E-state index is 4.30. The highest BCUT2D eigenvalue weighted by Gasteiger charge is 2.03. The first-order valence-electron chi connectivity index (χ1n) is 3.70. The van der Waals surface area contributed by atoms with Gasteiger partial charge in [-0.25, -0.2) is 0 Å². The van der Waals surface area contributed by atoms with Crippen molar-refractivity contribution < 1.29 is 0 Å². The van der Waals surface area contributed by atoms with Crippen molar-refractivity contribution in [2.45, 2.75) is 11.9 Å². The highest BCUT2D eigenvalue weighted by molar-refractivity contribution is 7.80. The lowest BCUT2D eigenvalue weighted by molar-refractivity contribution is 1.18. The molecule has 0 aliphatic carbocycles. The number of aromatic nitrogens is 1. The molecule has 0 aliphatic heterocycles. The molecule has 2 aromatic rings. The Labute approximate surface area is 80.9 Å². The van der Waals surface area contributed by atoms with Gasteiger partial charge in [0.25, 0.3) is 0 Å². The molecule has 0 saturated heterocycles. The van der Waals surface area contributed by atoms with Gasteiger partial charge in [0.2, 0.25) is 0 Å². The molecule has 1 nitrogen and oxygen atoms in total. The van der Waals surface area contributed by atoms with Crippen LogP contribution in [0.5, 0.6) is 0 Å². The SMILES string of the molecule is Cc1cc(-c2cccs2)[nH]c1S. The minimum absolute atomic E-state index is 0.957. The third-order valence-corrected chi connectivity index (χ3v) is 3.14. The summed E-state index contributed by atoms with van der Waals surface area (Å²) in [5.74, 6) is 0. The van der Waals surface area contributed by atoms with Crippen LogP contribution in [0.25, 0.3) is 10.6 Å². The number of thiophene rings is 1. The summed E-state index contributed by atoms with van der Waals surface area (Å²) in [6.45, 7) is 2.05. The van der Waals surface area contributed by atoms with Gasteiger partial charge in [0, 0.05) is 0 Å². The molecule has 2 heterocycles. The molecule has 2 aromatic heterocycles. The Hall–Kier alpha value is -0.670. The van der Waals surface area contributed by atoms with Gasteiger partial charge in [-0.1, -0.05) is 6.07 Å². The van der Waals surface area contributed by atoms with E-state index in [-0.39, 0.29) is 0 Å². The van der Waals surface area contributed by atoms with E-state index in [1.807, 2.05) is 6.07 Å². The third kappa shape index (κ3) is 1.30. The topological polar surface area (TPSA) is 15.8 Å². The van der Waals surface area contributed by atoms with E-state index in [0.29, 0.717) is 0 Å². The number of aromatic amines is 1. The summed E-state index contributed by atoms with van der Waals surface area (Å²) in [5.41, 5.74) is 2.36. The molecule has 12 heavy (non-hydrogen) atoms. The van der Waals surface area contributed by atoms with Crippen molar-refractivity contribution in [3.63, 3.8) is 0 Å². The first kappa shape index (κ1) is 7.95. The summed E-state index contributed by atoms with van der Waals surface area (Å²) in [6.07, 6.45) is 0. The van der Waals surface area contributed by atoms with Crippen LogP contribution in [0.2, 0.25) is 0 Å². The second-order valence-electron chi connectivity index (χ2n) is 2.69. The van der Waals surface area contributed by atoms with E-state index in [4.69, 9.17) is 0 Å². The van der Waals surface area contributed by atoms with E-state index in [1.165, 1.54) is 10.4 Å². The van der Waals surface area contributed by atoms with Crippen molar-refractivity contribution >= 4 is 24.0 Å². The molecule has 62 valence electrons. The number of rotatable bonds is 1. The van der Waals surface area contributed by atoms with Crippen LogP contribution in [-0.4, -0.2) is 4.98 Å². The molecule has 0 saturated carbocycles. The Bertz CT molecular complexity index is 354. The second-order valence-corrected chi connectivity index (χ2v) is 4.09. The fourth-order valence-electron chi connectivity index (χ4n) is 1.11. The van der Waals surface area contributed by atoms with Crippen molar-refractivity contribution in [2.24, 2.45) is 0 Å². The zero-order valence-electron chi connectivity index (χ0n) is 6.66. The lowest BCUT2D eigenvalue weighted by Gasteiger charge is -1.88. The number of H-pyrrole nitrogens is 1. The molecule has 2 rings (SSSR count). The van der Waals surface area contributed by atoms with Gasteiger partial charge in [-0.3, -0.25) is 0 Å². The van der Waals surface area contributed by atoms with Crippen molar-refractivity contribution in [3.05, 3.63) is 29.1 Å². The summed E-state index contributed by atoms with van der Waals surface area (Å²) in [6, 6.07) is 6.27. The number of thiol groups is 1. The van der Waals surface area contributed by atoms with Crippen molar-refractivity contribution in [1.82, 2.24) is 4.98 Å². The smallest absolute Gasteiger partial charge is 0.0725 e. The summed E-state index contributed by atoms with van der Waals surface area (Å²) >= 11 is 6.03. The van der Waals surface area contributed by atoms with Crippen LogP contribution in [0.3, 0.4) is 0 Å². The molecule has 0 aromatic carbocycles. The normalized spacial score (nSPS) is 10.5. The summed E-state index contributed by atoms with van der Waals surface area (Å²) < 4.78 is 0. The number of aryl methyl sites for hydroxylation is 1. The molecule has 0 fully saturated rings. The molecular formula is C9H9NS2. The summed E-state index contributed by atoms with van der Waals surface area (Å²) in [7, 11) is 0. The summed E-state index contributed by atoms with van der Waals surface area (Å²) in [4.78, 5) is 4.48. The van der Waals surface area contributed by atoms with Crippen molar-refractivity contribution in [2.75, 3.05) is 0 Å². The maximum atomic E-state index is 4.30. The molecule has 0 radical (unpaired) electrons. The molecule has 0 spiro atoms. The van der Waals surface area contributed by atoms with E-state index < -0.39 is 0 Å². The van der Waals surface area contributed by atoms with E-state index in [1.54, 1.807) is 11.3 Å². The third-order valence-electron chi connectivity index (χ3n) is 1.77. The van der Waals surface area contributed by atoms with Gasteiger partial charge in [-0.05, 0) is 30.0 Å². The maximum Gasteiger partial charge on any atom is 0.0725 e.